The van der Waals surface area contributed by atoms with Crippen LogP contribution in [0, 0.1) is 11.3 Å². The number of nitrogens with one attached hydrogen (secondary N) is 1. The molecule has 0 fully saturated rings. The second kappa shape index (κ2) is 5.37. The van der Waals surface area contributed by atoms with E-state index in [0.717, 1.165) is 17.5 Å². The second-order valence-electron chi connectivity index (χ2n) is 4.02. The van der Waals surface area contributed by atoms with Crippen molar-refractivity contribution in [3.8, 4) is 11.8 Å². The van der Waals surface area contributed by atoms with Crippen molar-refractivity contribution in [2.75, 3.05) is 7.05 Å². The van der Waals surface area contributed by atoms with Crippen molar-refractivity contribution in [3.05, 3.63) is 28.8 Å². The molecule has 0 spiro atoms. The summed E-state index contributed by atoms with van der Waals surface area (Å²) in [5.74, 6) is -0.00337. The number of aliphatic hydroxyl groups is 1. The fraction of sp³-hybridized carbons (Fsp3) is 0.417. The fourth-order valence-corrected chi connectivity index (χ4v) is 2.30. The Morgan fingerprint density at radius 3 is 2.76 bits per heavy atom. The molecule has 4 nitrogen and oxygen atoms in total. The van der Waals surface area contributed by atoms with Crippen molar-refractivity contribution in [1.29, 1.82) is 5.26 Å². The summed E-state index contributed by atoms with van der Waals surface area (Å²) in [4.78, 5) is 0. The SMILES string of the molecule is CNC1CCc2c(ccc(O)c2C#N)C1O.Cl. The number of halogens is 1. The molecule has 3 N–H and O–H groups in total. The number of hydrogen-bond donors (Lipinski definition) is 3. The molecule has 0 amide bonds. The predicted octanol–water partition coefficient (Wildman–Crippen LogP) is 1.25. The Hall–Kier alpha value is -1.28. The van der Waals surface area contributed by atoms with Gasteiger partial charge >= 0.3 is 0 Å². The minimum absolute atomic E-state index is 0. The Morgan fingerprint density at radius 2 is 2.18 bits per heavy atom. The average molecular weight is 255 g/mol. The third-order valence-electron chi connectivity index (χ3n) is 3.21. The van der Waals surface area contributed by atoms with E-state index in [1.165, 1.54) is 6.07 Å². The first-order valence-corrected chi connectivity index (χ1v) is 5.29. The number of phenolic OH excluding ortho intramolecular Hbond substituents is 1. The molecule has 2 atom stereocenters. The van der Waals surface area contributed by atoms with Crippen LogP contribution in [0.3, 0.4) is 0 Å². The highest BCUT2D eigenvalue weighted by Gasteiger charge is 2.29. The molecule has 1 aliphatic carbocycles. The topological polar surface area (TPSA) is 76.3 Å². The first-order chi connectivity index (χ1) is 7.69. The molecule has 1 aromatic rings. The lowest BCUT2D eigenvalue weighted by atomic mass is 9.83. The molecule has 0 heterocycles. The van der Waals surface area contributed by atoms with E-state index < -0.39 is 6.10 Å². The third kappa shape index (κ3) is 2.22. The lowest BCUT2D eigenvalue weighted by Gasteiger charge is -2.30. The fourth-order valence-electron chi connectivity index (χ4n) is 2.30. The van der Waals surface area contributed by atoms with E-state index in [1.54, 1.807) is 6.07 Å². The zero-order chi connectivity index (χ0) is 11.7. The van der Waals surface area contributed by atoms with Crippen molar-refractivity contribution < 1.29 is 10.2 Å². The first kappa shape index (κ1) is 13.8. The molecule has 5 heteroatoms. The number of fused-ring (bicyclic) bond motifs is 1. The van der Waals surface area contributed by atoms with Gasteiger partial charge in [-0.15, -0.1) is 12.4 Å². The van der Waals surface area contributed by atoms with Crippen molar-refractivity contribution in [2.45, 2.75) is 25.0 Å². The number of nitriles is 1. The maximum atomic E-state index is 10.1. The number of hydrogen-bond acceptors (Lipinski definition) is 4. The summed E-state index contributed by atoms with van der Waals surface area (Å²) < 4.78 is 0. The monoisotopic (exact) mass is 254 g/mol. The van der Waals surface area contributed by atoms with Gasteiger partial charge in [-0.2, -0.15) is 5.26 Å². The highest BCUT2D eigenvalue weighted by atomic mass is 35.5. The molecule has 1 aromatic carbocycles. The zero-order valence-electron chi connectivity index (χ0n) is 9.47. The maximum Gasteiger partial charge on any atom is 0.133 e. The highest BCUT2D eigenvalue weighted by Crippen LogP contribution is 2.35. The Kier molecular flexibility index (Phi) is 4.35. The van der Waals surface area contributed by atoms with E-state index >= 15 is 0 Å². The minimum Gasteiger partial charge on any atom is -0.507 e. The molecule has 2 unspecified atom stereocenters. The van der Waals surface area contributed by atoms with Gasteiger partial charge in [-0.05, 0) is 37.1 Å². The van der Waals surface area contributed by atoms with Crippen molar-refractivity contribution in [3.63, 3.8) is 0 Å². The smallest absolute Gasteiger partial charge is 0.133 e. The van der Waals surface area contributed by atoms with Crippen LogP contribution in [0.2, 0.25) is 0 Å². The zero-order valence-corrected chi connectivity index (χ0v) is 10.3. The van der Waals surface area contributed by atoms with Crippen LogP contribution in [0.5, 0.6) is 5.75 Å². The van der Waals surface area contributed by atoms with Gasteiger partial charge in [-0.25, -0.2) is 0 Å². The predicted molar refractivity (Wildman–Crippen MR) is 66.2 cm³/mol. The van der Waals surface area contributed by atoms with E-state index in [1.807, 2.05) is 13.1 Å². The van der Waals surface area contributed by atoms with Crippen LogP contribution < -0.4 is 5.32 Å². The number of aromatic hydroxyl groups is 1. The van der Waals surface area contributed by atoms with Gasteiger partial charge in [0.25, 0.3) is 0 Å². The van der Waals surface area contributed by atoms with Crippen molar-refractivity contribution in [1.82, 2.24) is 5.32 Å². The van der Waals surface area contributed by atoms with Crippen LogP contribution in [-0.4, -0.2) is 23.3 Å². The van der Waals surface area contributed by atoms with E-state index in [2.05, 4.69) is 5.32 Å². The maximum absolute atomic E-state index is 10.1. The van der Waals surface area contributed by atoms with Gasteiger partial charge in [0, 0.05) is 6.04 Å². The Labute approximate surface area is 106 Å². The van der Waals surface area contributed by atoms with Crippen LogP contribution in [0.4, 0.5) is 0 Å². The molecule has 17 heavy (non-hydrogen) atoms. The summed E-state index contributed by atoms with van der Waals surface area (Å²) in [6, 6.07) is 5.18. The molecule has 0 aromatic heterocycles. The quantitative estimate of drug-likeness (QED) is 0.705. The Morgan fingerprint density at radius 1 is 1.47 bits per heavy atom. The van der Waals surface area contributed by atoms with E-state index in [0.29, 0.717) is 12.0 Å². The highest BCUT2D eigenvalue weighted by molar-refractivity contribution is 5.85. The molecule has 0 saturated heterocycles. The van der Waals surface area contributed by atoms with Gasteiger partial charge in [0.2, 0.25) is 0 Å². The molecule has 1 aliphatic rings. The van der Waals surface area contributed by atoms with Gasteiger partial charge in [0.05, 0.1) is 11.7 Å². The Balaban J connectivity index is 0.00000144. The molecule has 0 radical (unpaired) electrons. The van der Waals surface area contributed by atoms with Gasteiger partial charge in [-0.1, -0.05) is 6.07 Å². The van der Waals surface area contributed by atoms with Gasteiger partial charge < -0.3 is 15.5 Å². The number of nitrogens with zero attached hydrogens (tertiary/aromatic N) is 1. The summed E-state index contributed by atoms with van der Waals surface area (Å²) in [5, 5.41) is 31.7. The molecular formula is C12H15ClN2O2. The molecule has 0 bridgehead atoms. The molecule has 2 rings (SSSR count). The van der Waals surface area contributed by atoms with Gasteiger partial charge in [0.15, 0.2) is 0 Å². The van der Waals surface area contributed by atoms with Crippen LogP contribution in [0.15, 0.2) is 12.1 Å². The van der Waals surface area contributed by atoms with Crippen molar-refractivity contribution >= 4 is 12.4 Å². The molecular weight excluding hydrogens is 240 g/mol. The van der Waals surface area contributed by atoms with E-state index in [4.69, 9.17) is 5.26 Å². The van der Waals surface area contributed by atoms with Crippen LogP contribution in [0.25, 0.3) is 0 Å². The summed E-state index contributed by atoms with van der Waals surface area (Å²) >= 11 is 0. The third-order valence-corrected chi connectivity index (χ3v) is 3.21. The number of phenols is 1. The number of aliphatic hydroxyl groups excluding tert-OH is 1. The molecule has 92 valence electrons. The number of benzene rings is 1. The average Bonchev–Trinajstić information content (AvgIpc) is 2.29. The molecule has 0 aliphatic heterocycles. The largest absolute Gasteiger partial charge is 0.507 e. The summed E-state index contributed by atoms with van der Waals surface area (Å²) in [7, 11) is 1.81. The van der Waals surface area contributed by atoms with Gasteiger partial charge in [0.1, 0.15) is 11.8 Å². The van der Waals surface area contributed by atoms with Crippen LogP contribution in [0.1, 0.15) is 29.2 Å². The Bertz CT molecular complexity index is 457. The first-order valence-electron chi connectivity index (χ1n) is 5.29. The summed E-state index contributed by atoms with van der Waals surface area (Å²) in [5.41, 5.74) is 1.83. The second-order valence-corrected chi connectivity index (χ2v) is 4.02. The lowest BCUT2D eigenvalue weighted by Crippen LogP contribution is -2.36. The van der Waals surface area contributed by atoms with Crippen LogP contribution >= 0.6 is 12.4 Å². The minimum atomic E-state index is -0.610. The molecule has 0 saturated carbocycles. The van der Waals surface area contributed by atoms with Crippen LogP contribution in [-0.2, 0) is 6.42 Å². The van der Waals surface area contributed by atoms with Crippen molar-refractivity contribution in [2.24, 2.45) is 0 Å². The standard InChI is InChI=1S/C12H14N2O2.ClH/c1-14-10-4-2-7-8(12(10)16)3-5-11(15)9(7)6-13;/h3,5,10,12,14-16H,2,4H2,1H3;1H. The van der Waals surface area contributed by atoms with E-state index in [-0.39, 0.29) is 24.2 Å². The van der Waals surface area contributed by atoms with Gasteiger partial charge in [-0.3, -0.25) is 0 Å². The number of likely N-dealkylation sites (N-methyl/N-ethyl adjacent to an activating group) is 1. The summed E-state index contributed by atoms with van der Waals surface area (Å²) in [6.45, 7) is 0. The lowest BCUT2D eigenvalue weighted by molar-refractivity contribution is 0.119. The normalized spacial score (nSPS) is 22.2. The van der Waals surface area contributed by atoms with E-state index in [9.17, 15) is 10.2 Å². The summed E-state index contributed by atoms with van der Waals surface area (Å²) in [6.07, 6.45) is 0.860. The number of rotatable bonds is 1.